The third kappa shape index (κ3) is 4.97. The summed E-state index contributed by atoms with van der Waals surface area (Å²) in [7, 11) is 1.64. The minimum Gasteiger partial charge on any atom is -0.493 e. The third-order valence-corrected chi connectivity index (χ3v) is 4.35. The number of nitrogens with one attached hydrogen (secondary N) is 1. The number of aromatic nitrogens is 1. The number of hydrogen-bond donors (Lipinski definition) is 1. The van der Waals surface area contributed by atoms with E-state index in [1.54, 1.807) is 19.5 Å². The summed E-state index contributed by atoms with van der Waals surface area (Å²) in [5, 5.41) is 4.11. The summed E-state index contributed by atoms with van der Waals surface area (Å²) in [6.45, 7) is 1.93. The Hall–Kier alpha value is -2.56. The smallest absolute Gasteiger partial charge is 0.161 e. The van der Waals surface area contributed by atoms with Crippen molar-refractivity contribution in [3.05, 3.63) is 88.7 Å². The van der Waals surface area contributed by atoms with Crippen molar-refractivity contribution in [3.63, 3.8) is 0 Å². The summed E-state index contributed by atoms with van der Waals surface area (Å²) in [4.78, 5) is 4.02. The van der Waals surface area contributed by atoms with E-state index in [2.05, 4.69) is 10.3 Å². The lowest BCUT2D eigenvalue weighted by Gasteiger charge is -2.13. The Balaban J connectivity index is 1.59. The molecule has 0 spiro atoms. The van der Waals surface area contributed by atoms with Crippen LogP contribution in [0.3, 0.4) is 0 Å². The van der Waals surface area contributed by atoms with Crippen molar-refractivity contribution >= 4 is 11.6 Å². The topological polar surface area (TPSA) is 43.4 Å². The van der Waals surface area contributed by atoms with Crippen molar-refractivity contribution in [2.75, 3.05) is 7.11 Å². The van der Waals surface area contributed by atoms with Crippen molar-refractivity contribution in [2.45, 2.75) is 19.7 Å². The van der Waals surface area contributed by atoms with Gasteiger partial charge in [-0.2, -0.15) is 0 Å². The van der Waals surface area contributed by atoms with Crippen LogP contribution in [0, 0.1) is 0 Å². The summed E-state index contributed by atoms with van der Waals surface area (Å²) >= 11 is 6.17. The molecular weight excluding hydrogens is 348 g/mol. The van der Waals surface area contributed by atoms with Crippen LogP contribution in [0.2, 0.25) is 5.02 Å². The highest BCUT2D eigenvalue weighted by molar-refractivity contribution is 6.31. The molecule has 0 saturated carbocycles. The maximum Gasteiger partial charge on any atom is 0.161 e. The van der Waals surface area contributed by atoms with Crippen LogP contribution in [0.5, 0.6) is 11.5 Å². The van der Waals surface area contributed by atoms with Crippen LogP contribution >= 0.6 is 11.6 Å². The molecule has 1 N–H and O–H groups in total. The largest absolute Gasteiger partial charge is 0.493 e. The molecule has 0 unspecified atom stereocenters. The minimum absolute atomic E-state index is 0.398. The molecule has 0 atom stereocenters. The summed E-state index contributed by atoms with van der Waals surface area (Å²) in [5.41, 5.74) is 3.27. The van der Waals surface area contributed by atoms with Crippen molar-refractivity contribution in [1.29, 1.82) is 0 Å². The maximum absolute atomic E-state index is 6.17. The van der Waals surface area contributed by atoms with Crippen LogP contribution in [0.1, 0.15) is 16.7 Å². The number of benzene rings is 2. The molecule has 0 radical (unpaired) electrons. The second-order valence-corrected chi connectivity index (χ2v) is 6.23. The van der Waals surface area contributed by atoms with E-state index in [9.17, 15) is 0 Å². The van der Waals surface area contributed by atoms with Gasteiger partial charge in [0.25, 0.3) is 0 Å². The Morgan fingerprint density at radius 1 is 0.923 bits per heavy atom. The van der Waals surface area contributed by atoms with Crippen molar-refractivity contribution in [1.82, 2.24) is 10.3 Å². The Morgan fingerprint density at radius 2 is 1.69 bits per heavy atom. The van der Waals surface area contributed by atoms with E-state index < -0.39 is 0 Å². The van der Waals surface area contributed by atoms with Crippen LogP contribution in [-0.4, -0.2) is 12.1 Å². The normalized spacial score (nSPS) is 10.5. The van der Waals surface area contributed by atoms with Gasteiger partial charge in [0.15, 0.2) is 11.5 Å². The average molecular weight is 369 g/mol. The molecule has 5 heteroatoms. The van der Waals surface area contributed by atoms with Crippen molar-refractivity contribution in [3.8, 4) is 11.5 Å². The van der Waals surface area contributed by atoms with E-state index in [0.717, 1.165) is 24.2 Å². The lowest BCUT2D eigenvalue weighted by atomic mass is 10.2. The van der Waals surface area contributed by atoms with Crippen molar-refractivity contribution in [2.24, 2.45) is 0 Å². The highest BCUT2D eigenvalue weighted by Gasteiger charge is 2.07. The van der Waals surface area contributed by atoms with Gasteiger partial charge in [0.1, 0.15) is 6.61 Å². The second kappa shape index (κ2) is 9.22. The number of ether oxygens (including phenoxy) is 2. The predicted molar refractivity (Wildman–Crippen MR) is 104 cm³/mol. The molecule has 2 aromatic carbocycles. The quantitative estimate of drug-likeness (QED) is 0.630. The van der Waals surface area contributed by atoms with Gasteiger partial charge in [-0.25, -0.2) is 0 Å². The Kier molecular flexibility index (Phi) is 6.47. The highest BCUT2D eigenvalue weighted by atomic mass is 35.5. The van der Waals surface area contributed by atoms with E-state index in [4.69, 9.17) is 21.1 Å². The first-order valence-corrected chi connectivity index (χ1v) is 8.77. The number of nitrogens with zero attached hydrogens (tertiary/aromatic N) is 1. The fourth-order valence-electron chi connectivity index (χ4n) is 2.56. The van der Waals surface area contributed by atoms with E-state index in [1.165, 1.54) is 5.56 Å². The summed E-state index contributed by atoms with van der Waals surface area (Å²) < 4.78 is 11.4. The molecular formula is C21H21ClN2O2. The second-order valence-electron chi connectivity index (χ2n) is 5.82. The van der Waals surface area contributed by atoms with E-state index in [1.807, 2.05) is 54.6 Å². The van der Waals surface area contributed by atoms with Crippen LogP contribution in [0.4, 0.5) is 0 Å². The number of methoxy groups -OCH3 is 1. The van der Waals surface area contributed by atoms with Crippen molar-refractivity contribution < 1.29 is 9.47 Å². The number of hydrogen-bond acceptors (Lipinski definition) is 4. The van der Waals surface area contributed by atoms with Gasteiger partial charge in [-0.15, -0.1) is 0 Å². The van der Waals surface area contributed by atoms with Gasteiger partial charge in [-0.3, -0.25) is 4.98 Å². The standard InChI is InChI=1S/C21H21ClN2O2/c1-25-21-12-17(14-24-13-16-8-10-23-11-9-16)6-7-20(21)26-15-18-4-2-3-5-19(18)22/h2-12,24H,13-15H2,1H3. The molecule has 0 fully saturated rings. The van der Waals surface area contributed by atoms with Crippen LogP contribution in [0.25, 0.3) is 0 Å². The maximum atomic E-state index is 6.17. The molecule has 3 rings (SSSR count). The fourth-order valence-corrected chi connectivity index (χ4v) is 2.75. The Bertz CT molecular complexity index is 840. The van der Waals surface area contributed by atoms with Crippen LogP contribution < -0.4 is 14.8 Å². The first kappa shape index (κ1) is 18.2. The van der Waals surface area contributed by atoms with Gasteiger partial charge in [0.2, 0.25) is 0 Å². The first-order chi connectivity index (χ1) is 12.8. The molecule has 0 aliphatic heterocycles. The summed E-state index contributed by atoms with van der Waals surface area (Å²) in [6.07, 6.45) is 3.59. The zero-order valence-corrected chi connectivity index (χ0v) is 15.4. The van der Waals surface area contributed by atoms with Gasteiger partial charge in [-0.05, 0) is 41.5 Å². The van der Waals surface area contributed by atoms with E-state index in [0.29, 0.717) is 23.1 Å². The van der Waals surface area contributed by atoms with Gasteiger partial charge >= 0.3 is 0 Å². The highest BCUT2D eigenvalue weighted by Crippen LogP contribution is 2.29. The molecule has 0 saturated heterocycles. The predicted octanol–water partition coefficient (Wildman–Crippen LogP) is 4.61. The minimum atomic E-state index is 0.398. The molecule has 134 valence electrons. The molecule has 0 amide bonds. The van der Waals surface area contributed by atoms with Gasteiger partial charge in [0.05, 0.1) is 7.11 Å². The molecule has 0 bridgehead atoms. The molecule has 3 aromatic rings. The Labute approximate surface area is 158 Å². The molecule has 0 aliphatic rings. The molecule has 1 aromatic heterocycles. The fraction of sp³-hybridized carbons (Fsp3) is 0.190. The average Bonchev–Trinajstić information content (AvgIpc) is 2.68. The third-order valence-electron chi connectivity index (χ3n) is 3.98. The number of rotatable bonds is 8. The number of pyridine rings is 1. The lowest BCUT2D eigenvalue weighted by Crippen LogP contribution is -2.12. The molecule has 0 aliphatic carbocycles. The van der Waals surface area contributed by atoms with E-state index >= 15 is 0 Å². The SMILES string of the molecule is COc1cc(CNCc2ccncc2)ccc1OCc1ccccc1Cl. The monoisotopic (exact) mass is 368 g/mol. The molecule has 4 nitrogen and oxygen atoms in total. The zero-order chi connectivity index (χ0) is 18.2. The first-order valence-electron chi connectivity index (χ1n) is 8.39. The molecule has 26 heavy (non-hydrogen) atoms. The van der Waals surface area contributed by atoms with Crippen LogP contribution in [-0.2, 0) is 19.7 Å². The van der Waals surface area contributed by atoms with Gasteiger partial charge in [0, 0.05) is 36.1 Å². The van der Waals surface area contributed by atoms with Gasteiger partial charge < -0.3 is 14.8 Å². The lowest BCUT2D eigenvalue weighted by molar-refractivity contribution is 0.284. The van der Waals surface area contributed by atoms with E-state index in [-0.39, 0.29) is 0 Å². The molecule has 1 heterocycles. The summed E-state index contributed by atoms with van der Waals surface area (Å²) in [5.74, 6) is 1.41. The zero-order valence-electron chi connectivity index (χ0n) is 14.6. The summed E-state index contributed by atoms with van der Waals surface area (Å²) in [6, 6.07) is 17.6. The Morgan fingerprint density at radius 3 is 2.46 bits per heavy atom. The van der Waals surface area contributed by atoms with Gasteiger partial charge in [-0.1, -0.05) is 35.9 Å². The number of halogens is 1. The van der Waals surface area contributed by atoms with Crippen LogP contribution in [0.15, 0.2) is 67.0 Å².